The number of hydrogen-bond donors (Lipinski definition) is 1. The standard InChI is InChI=1S/C39H37FNO6P/c1-45-48(44,46-2)33-20-15-28(16-21-33)30-17-22-34(37(25-30)47-26-27-9-5-3-6-10-27)38-35(39(43)41(38)32-11-7-4-8-12-32)23-24-36(42)29-13-18-31(40)19-14-29/h3-22,25,35-36,38,42H,23-24,26H2,1-2H3. The monoisotopic (exact) mass is 665 g/mol. The zero-order valence-corrected chi connectivity index (χ0v) is 27.6. The first-order chi connectivity index (χ1) is 23.3. The summed E-state index contributed by atoms with van der Waals surface area (Å²) < 4.78 is 43.2. The Hall–Kier alpha value is -4.59. The molecule has 0 aliphatic carbocycles. The van der Waals surface area contributed by atoms with Gasteiger partial charge in [0.2, 0.25) is 5.91 Å². The van der Waals surface area contributed by atoms with Crippen LogP contribution in [0.15, 0.2) is 127 Å². The molecule has 3 unspecified atom stereocenters. The van der Waals surface area contributed by atoms with E-state index in [1.54, 1.807) is 29.2 Å². The molecular weight excluding hydrogens is 628 g/mol. The van der Waals surface area contributed by atoms with Gasteiger partial charge in [-0.15, -0.1) is 0 Å². The van der Waals surface area contributed by atoms with Crippen molar-refractivity contribution < 1.29 is 32.6 Å². The lowest BCUT2D eigenvalue weighted by atomic mass is 9.77. The molecule has 7 nitrogen and oxygen atoms in total. The zero-order valence-electron chi connectivity index (χ0n) is 26.7. The number of rotatable bonds is 13. The SMILES string of the molecule is COP(=O)(OC)c1ccc(-c2ccc(C3C(CCC(O)c4ccc(F)cc4)C(=O)N3c3ccccc3)c(OCc3ccccc3)c2)cc1. The van der Waals surface area contributed by atoms with E-state index in [9.17, 15) is 18.9 Å². The van der Waals surface area contributed by atoms with E-state index in [4.69, 9.17) is 13.8 Å². The van der Waals surface area contributed by atoms with E-state index in [-0.39, 0.29) is 17.8 Å². The van der Waals surface area contributed by atoms with Gasteiger partial charge in [-0.1, -0.05) is 84.9 Å². The average molecular weight is 666 g/mol. The molecule has 1 saturated heterocycles. The molecule has 6 rings (SSSR count). The number of nitrogens with zero attached hydrogens (tertiary/aromatic N) is 1. The molecule has 246 valence electrons. The fourth-order valence-electron chi connectivity index (χ4n) is 6.19. The maximum Gasteiger partial charge on any atom is 0.360 e. The second-order valence-electron chi connectivity index (χ2n) is 11.7. The molecule has 1 fully saturated rings. The maximum atomic E-state index is 13.8. The van der Waals surface area contributed by atoms with E-state index in [2.05, 4.69) is 0 Å². The molecule has 9 heteroatoms. The highest BCUT2D eigenvalue weighted by Gasteiger charge is 2.49. The summed E-state index contributed by atoms with van der Waals surface area (Å²) in [5, 5.41) is 11.4. The van der Waals surface area contributed by atoms with Crippen molar-refractivity contribution in [1.29, 1.82) is 0 Å². The minimum atomic E-state index is -3.40. The molecule has 0 saturated carbocycles. The van der Waals surface area contributed by atoms with E-state index in [1.807, 2.05) is 91.0 Å². The molecule has 5 aromatic carbocycles. The van der Waals surface area contributed by atoms with Crippen molar-refractivity contribution >= 4 is 24.5 Å². The van der Waals surface area contributed by atoms with E-state index < -0.39 is 19.6 Å². The molecule has 5 aromatic rings. The number of β-lactam (4-membered cyclic amide) rings is 1. The summed E-state index contributed by atoms with van der Waals surface area (Å²) in [5.41, 5.74) is 4.97. The molecule has 1 amide bonds. The minimum Gasteiger partial charge on any atom is -0.489 e. The Bertz CT molecular complexity index is 1880. The molecule has 48 heavy (non-hydrogen) atoms. The Morgan fingerprint density at radius 3 is 2.08 bits per heavy atom. The molecule has 1 N–H and O–H groups in total. The molecule has 0 aromatic heterocycles. The van der Waals surface area contributed by atoms with Crippen molar-refractivity contribution in [1.82, 2.24) is 0 Å². The van der Waals surface area contributed by atoms with Crippen LogP contribution in [0.5, 0.6) is 5.75 Å². The third-order valence-electron chi connectivity index (χ3n) is 8.82. The van der Waals surface area contributed by atoms with Gasteiger partial charge in [0.15, 0.2) is 0 Å². The smallest absolute Gasteiger partial charge is 0.360 e. The first kappa shape index (κ1) is 33.3. The Balaban J connectivity index is 1.35. The Kier molecular flexibility index (Phi) is 10.2. The number of aliphatic hydroxyl groups is 1. The van der Waals surface area contributed by atoms with Crippen LogP contribution in [0.25, 0.3) is 11.1 Å². The van der Waals surface area contributed by atoms with Gasteiger partial charge in [-0.2, -0.15) is 0 Å². The van der Waals surface area contributed by atoms with Crippen LogP contribution in [-0.4, -0.2) is 25.2 Å². The number of carbonyl (C=O) groups excluding carboxylic acids is 1. The first-order valence-corrected chi connectivity index (χ1v) is 17.3. The third kappa shape index (κ3) is 6.98. The van der Waals surface area contributed by atoms with Crippen LogP contribution in [0.1, 0.15) is 41.7 Å². The Morgan fingerprint density at radius 1 is 0.812 bits per heavy atom. The topological polar surface area (TPSA) is 85.3 Å². The largest absolute Gasteiger partial charge is 0.489 e. The summed E-state index contributed by atoms with van der Waals surface area (Å²) >= 11 is 0. The first-order valence-electron chi connectivity index (χ1n) is 15.8. The van der Waals surface area contributed by atoms with Gasteiger partial charge in [0.1, 0.15) is 18.2 Å². The number of para-hydroxylation sites is 1. The summed E-state index contributed by atoms with van der Waals surface area (Å²) in [6.45, 7) is 0.320. The van der Waals surface area contributed by atoms with Gasteiger partial charge in [-0.3, -0.25) is 9.36 Å². The second-order valence-corrected chi connectivity index (χ2v) is 13.9. The van der Waals surface area contributed by atoms with Gasteiger partial charge in [-0.05, 0) is 77.6 Å². The summed E-state index contributed by atoms with van der Waals surface area (Å²) in [4.78, 5) is 15.6. The van der Waals surface area contributed by atoms with Gasteiger partial charge in [0, 0.05) is 25.5 Å². The molecule has 1 heterocycles. The van der Waals surface area contributed by atoms with Crippen LogP contribution in [0.3, 0.4) is 0 Å². The van der Waals surface area contributed by atoms with E-state index in [0.29, 0.717) is 36.1 Å². The Morgan fingerprint density at radius 2 is 1.44 bits per heavy atom. The predicted octanol–water partition coefficient (Wildman–Crippen LogP) is 8.40. The lowest BCUT2D eigenvalue weighted by molar-refractivity contribution is -0.131. The highest BCUT2D eigenvalue weighted by Crippen LogP contribution is 2.50. The molecule has 0 bridgehead atoms. The number of benzene rings is 5. The van der Waals surface area contributed by atoms with Crippen LogP contribution >= 0.6 is 7.60 Å². The molecule has 1 aliphatic heterocycles. The fraction of sp³-hybridized carbons (Fsp3) is 0.205. The number of carbonyl (C=O) groups is 1. The number of hydrogen-bond acceptors (Lipinski definition) is 6. The molecular formula is C39H37FNO6P. The number of halogens is 1. The molecule has 3 atom stereocenters. The number of aliphatic hydroxyl groups excluding tert-OH is 1. The minimum absolute atomic E-state index is 0.0353. The lowest BCUT2D eigenvalue weighted by Gasteiger charge is -2.48. The van der Waals surface area contributed by atoms with E-state index >= 15 is 0 Å². The molecule has 0 radical (unpaired) electrons. The van der Waals surface area contributed by atoms with E-state index in [0.717, 1.165) is 27.9 Å². The van der Waals surface area contributed by atoms with Crippen molar-refractivity contribution in [3.8, 4) is 16.9 Å². The van der Waals surface area contributed by atoms with Gasteiger partial charge in [0.05, 0.1) is 23.4 Å². The summed E-state index contributed by atoms with van der Waals surface area (Å²) in [5.74, 6) is -0.192. The van der Waals surface area contributed by atoms with Gasteiger partial charge < -0.3 is 23.8 Å². The van der Waals surface area contributed by atoms with Crippen molar-refractivity contribution in [3.05, 3.63) is 150 Å². The summed E-state index contributed by atoms with van der Waals surface area (Å²) in [7, 11) is -0.688. The Labute approximate surface area is 280 Å². The van der Waals surface area contributed by atoms with Crippen molar-refractivity contribution in [2.45, 2.75) is 31.6 Å². The second kappa shape index (κ2) is 14.7. The number of ether oxygens (including phenoxy) is 1. The summed E-state index contributed by atoms with van der Waals surface area (Å²) in [6, 6.07) is 38.0. The zero-order chi connectivity index (χ0) is 33.7. The van der Waals surface area contributed by atoms with Crippen molar-refractivity contribution in [3.63, 3.8) is 0 Å². The van der Waals surface area contributed by atoms with Gasteiger partial charge in [0.25, 0.3) is 0 Å². The van der Waals surface area contributed by atoms with Gasteiger partial charge >= 0.3 is 7.60 Å². The number of anilines is 1. The predicted molar refractivity (Wildman–Crippen MR) is 185 cm³/mol. The highest BCUT2D eigenvalue weighted by molar-refractivity contribution is 7.62. The van der Waals surface area contributed by atoms with Crippen LogP contribution in [0, 0.1) is 11.7 Å². The number of amides is 1. The third-order valence-corrected chi connectivity index (χ3v) is 10.7. The van der Waals surface area contributed by atoms with Crippen LogP contribution in [0.4, 0.5) is 10.1 Å². The van der Waals surface area contributed by atoms with Crippen LogP contribution in [-0.2, 0) is 25.0 Å². The average Bonchev–Trinajstić information content (AvgIpc) is 3.13. The van der Waals surface area contributed by atoms with Crippen LogP contribution in [0.2, 0.25) is 0 Å². The normalized spacial score (nSPS) is 16.8. The van der Waals surface area contributed by atoms with E-state index in [1.165, 1.54) is 26.4 Å². The van der Waals surface area contributed by atoms with Crippen molar-refractivity contribution in [2.24, 2.45) is 5.92 Å². The van der Waals surface area contributed by atoms with Crippen LogP contribution < -0.4 is 14.9 Å². The van der Waals surface area contributed by atoms with Crippen molar-refractivity contribution in [2.75, 3.05) is 19.1 Å². The van der Waals surface area contributed by atoms with Gasteiger partial charge in [-0.25, -0.2) is 4.39 Å². The lowest BCUT2D eigenvalue weighted by Crippen LogP contribution is -2.55. The quantitative estimate of drug-likeness (QED) is 0.100. The maximum absolute atomic E-state index is 13.8. The molecule has 0 spiro atoms. The fourth-order valence-corrected chi connectivity index (χ4v) is 7.28. The highest BCUT2D eigenvalue weighted by atomic mass is 31.2. The molecule has 1 aliphatic rings. The summed E-state index contributed by atoms with van der Waals surface area (Å²) in [6.07, 6.45) is -0.0832.